The molecule has 0 spiro atoms. The molecule has 142 valence electrons. The molecule has 2 fully saturated rings. The number of hydrogen-bond acceptors (Lipinski definition) is 5. The van der Waals surface area contributed by atoms with Crippen molar-refractivity contribution in [2.24, 2.45) is 5.73 Å². The summed E-state index contributed by atoms with van der Waals surface area (Å²) in [6.45, 7) is 2.57. The summed E-state index contributed by atoms with van der Waals surface area (Å²) in [5.74, 6) is -0.0933. The maximum atomic E-state index is 12.9. The maximum Gasteiger partial charge on any atom is 0.248 e. The molecule has 2 aliphatic rings. The second-order valence-corrected chi connectivity index (χ2v) is 6.72. The summed E-state index contributed by atoms with van der Waals surface area (Å²) in [6, 6.07) is 5.95. The van der Waals surface area contributed by atoms with E-state index in [1.165, 1.54) is 12.1 Å². The highest BCUT2D eigenvalue weighted by atomic mass is 19.1. The van der Waals surface area contributed by atoms with E-state index in [1.54, 1.807) is 12.1 Å². The van der Waals surface area contributed by atoms with Gasteiger partial charge in [-0.25, -0.2) is 4.39 Å². The monoisotopic (exact) mass is 365 g/mol. The SMILES string of the molecule is NC(=O)CN1CCC(N2CC(COc3ccc(F)cc3)OCC2=O)CC1. The number of nitrogens with two attached hydrogens (primary N) is 1. The van der Waals surface area contributed by atoms with Crippen LogP contribution in [0.25, 0.3) is 0 Å². The van der Waals surface area contributed by atoms with Gasteiger partial charge in [0.15, 0.2) is 0 Å². The smallest absolute Gasteiger partial charge is 0.248 e. The normalized spacial score (nSPS) is 22.4. The number of carbonyl (C=O) groups is 2. The van der Waals surface area contributed by atoms with Gasteiger partial charge in [0.1, 0.15) is 30.9 Å². The van der Waals surface area contributed by atoms with Crippen molar-refractivity contribution in [3.63, 3.8) is 0 Å². The number of morpholine rings is 1. The van der Waals surface area contributed by atoms with Crippen molar-refractivity contribution < 1.29 is 23.5 Å². The Bertz CT molecular complexity index is 632. The van der Waals surface area contributed by atoms with E-state index in [0.717, 1.165) is 25.9 Å². The van der Waals surface area contributed by atoms with Gasteiger partial charge in [-0.2, -0.15) is 0 Å². The van der Waals surface area contributed by atoms with Crippen molar-refractivity contribution in [2.45, 2.75) is 25.0 Å². The molecule has 0 aliphatic carbocycles. The van der Waals surface area contributed by atoms with Gasteiger partial charge in [0.05, 0.1) is 13.1 Å². The average molecular weight is 365 g/mol. The van der Waals surface area contributed by atoms with Gasteiger partial charge in [-0.05, 0) is 37.1 Å². The summed E-state index contributed by atoms with van der Waals surface area (Å²) < 4.78 is 24.1. The van der Waals surface area contributed by atoms with E-state index in [4.69, 9.17) is 15.2 Å². The van der Waals surface area contributed by atoms with Crippen molar-refractivity contribution in [1.82, 2.24) is 9.80 Å². The quantitative estimate of drug-likeness (QED) is 0.788. The fourth-order valence-electron chi connectivity index (χ4n) is 3.43. The van der Waals surface area contributed by atoms with Gasteiger partial charge in [-0.1, -0.05) is 0 Å². The summed E-state index contributed by atoms with van der Waals surface area (Å²) in [5.41, 5.74) is 5.23. The van der Waals surface area contributed by atoms with Gasteiger partial charge in [0, 0.05) is 19.1 Å². The van der Waals surface area contributed by atoms with Crippen LogP contribution in [0, 0.1) is 5.82 Å². The van der Waals surface area contributed by atoms with Crippen LogP contribution in [0.5, 0.6) is 5.75 Å². The predicted molar refractivity (Wildman–Crippen MR) is 92.0 cm³/mol. The molecule has 0 saturated carbocycles. The Kier molecular flexibility index (Phi) is 6.05. The molecule has 2 N–H and O–H groups in total. The molecule has 0 aromatic heterocycles. The van der Waals surface area contributed by atoms with Gasteiger partial charge >= 0.3 is 0 Å². The zero-order valence-corrected chi connectivity index (χ0v) is 14.6. The number of amides is 2. The number of rotatable bonds is 6. The molecule has 1 atom stereocenters. The second kappa shape index (κ2) is 8.46. The molecule has 2 aliphatic heterocycles. The molecule has 2 heterocycles. The summed E-state index contributed by atoms with van der Waals surface area (Å²) in [4.78, 5) is 27.1. The summed E-state index contributed by atoms with van der Waals surface area (Å²) in [6.07, 6.45) is 1.40. The standard InChI is InChI=1S/C18H24FN3O4/c19-13-1-3-15(4-2-13)25-11-16-9-22(18(24)12-26-16)14-5-7-21(8-6-14)10-17(20)23/h1-4,14,16H,5-12H2,(H2,20,23). The van der Waals surface area contributed by atoms with E-state index in [1.807, 2.05) is 9.80 Å². The van der Waals surface area contributed by atoms with Crippen LogP contribution in [0.3, 0.4) is 0 Å². The number of carbonyl (C=O) groups excluding carboxylic acids is 2. The number of likely N-dealkylation sites (tertiary alicyclic amines) is 1. The minimum absolute atomic E-state index is 0.0172. The molecule has 1 aromatic rings. The van der Waals surface area contributed by atoms with Crippen molar-refractivity contribution in [3.8, 4) is 5.75 Å². The first-order valence-corrected chi connectivity index (χ1v) is 8.81. The first-order valence-electron chi connectivity index (χ1n) is 8.81. The third-order valence-electron chi connectivity index (χ3n) is 4.79. The summed E-state index contributed by atoms with van der Waals surface area (Å²) in [5, 5.41) is 0. The zero-order chi connectivity index (χ0) is 18.5. The number of ether oxygens (including phenoxy) is 2. The number of nitrogens with zero attached hydrogens (tertiary/aromatic N) is 2. The van der Waals surface area contributed by atoms with Crippen molar-refractivity contribution >= 4 is 11.8 Å². The zero-order valence-electron chi connectivity index (χ0n) is 14.6. The van der Waals surface area contributed by atoms with Crippen LogP contribution in [0.4, 0.5) is 4.39 Å². The lowest BCUT2D eigenvalue weighted by Gasteiger charge is -2.41. The lowest BCUT2D eigenvalue weighted by Crippen LogP contribution is -2.55. The van der Waals surface area contributed by atoms with Gasteiger partial charge in [0.25, 0.3) is 0 Å². The Hall–Kier alpha value is -2.19. The van der Waals surface area contributed by atoms with Crippen molar-refractivity contribution in [2.75, 3.05) is 39.4 Å². The van der Waals surface area contributed by atoms with Crippen LogP contribution < -0.4 is 10.5 Å². The Morgan fingerprint density at radius 1 is 1.27 bits per heavy atom. The van der Waals surface area contributed by atoms with Gasteiger partial charge < -0.3 is 20.1 Å². The Morgan fingerprint density at radius 2 is 1.96 bits per heavy atom. The first-order chi connectivity index (χ1) is 12.5. The largest absolute Gasteiger partial charge is 0.491 e. The molecule has 3 rings (SSSR count). The Labute approximate surface area is 151 Å². The van der Waals surface area contributed by atoms with E-state index < -0.39 is 0 Å². The van der Waals surface area contributed by atoms with Crippen molar-refractivity contribution in [1.29, 1.82) is 0 Å². The van der Waals surface area contributed by atoms with Crippen LogP contribution >= 0.6 is 0 Å². The van der Waals surface area contributed by atoms with Gasteiger partial charge in [-0.3, -0.25) is 14.5 Å². The fourth-order valence-corrected chi connectivity index (χ4v) is 3.43. The lowest BCUT2D eigenvalue weighted by molar-refractivity contribution is -0.155. The Balaban J connectivity index is 1.49. The minimum atomic E-state index is -0.330. The molecule has 26 heavy (non-hydrogen) atoms. The highest BCUT2D eigenvalue weighted by molar-refractivity contribution is 5.78. The molecule has 2 amide bonds. The Morgan fingerprint density at radius 3 is 2.62 bits per heavy atom. The molecule has 7 nitrogen and oxygen atoms in total. The van der Waals surface area contributed by atoms with E-state index in [2.05, 4.69) is 0 Å². The maximum absolute atomic E-state index is 12.9. The van der Waals surface area contributed by atoms with E-state index in [9.17, 15) is 14.0 Å². The minimum Gasteiger partial charge on any atom is -0.491 e. The highest BCUT2D eigenvalue weighted by Gasteiger charge is 2.33. The van der Waals surface area contributed by atoms with Gasteiger partial charge in [-0.15, -0.1) is 0 Å². The highest BCUT2D eigenvalue weighted by Crippen LogP contribution is 2.21. The molecule has 1 aromatic carbocycles. The third kappa shape index (κ3) is 4.92. The number of piperidine rings is 1. The molecule has 1 unspecified atom stereocenters. The fraction of sp³-hybridized carbons (Fsp3) is 0.556. The first kappa shape index (κ1) is 18.6. The van der Waals surface area contributed by atoms with Crippen molar-refractivity contribution in [3.05, 3.63) is 30.1 Å². The van der Waals surface area contributed by atoms with E-state index >= 15 is 0 Å². The predicted octanol–water partition coefficient (Wildman–Crippen LogP) is 0.382. The van der Waals surface area contributed by atoms with Crippen LogP contribution in [-0.4, -0.2) is 73.2 Å². The van der Waals surface area contributed by atoms with Crippen LogP contribution in [0.2, 0.25) is 0 Å². The second-order valence-electron chi connectivity index (χ2n) is 6.72. The number of halogens is 1. The summed E-state index contributed by atoms with van der Waals surface area (Å²) in [7, 11) is 0. The average Bonchev–Trinajstić information content (AvgIpc) is 2.63. The molecular weight excluding hydrogens is 341 g/mol. The van der Waals surface area contributed by atoms with Crippen LogP contribution in [0.1, 0.15) is 12.8 Å². The number of hydrogen-bond donors (Lipinski definition) is 1. The molecule has 2 saturated heterocycles. The molecule has 0 radical (unpaired) electrons. The molecular formula is C18H24FN3O4. The van der Waals surface area contributed by atoms with E-state index in [0.29, 0.717) is 18.9 Å². The topological polar surface area (TPSA) is 85.1 Å². The number of primary amides is 1. The van der Waals surface area contributed by atoms with Gasteiger partial charge in [0.2, 0.25) is 11.8 Å². The van der Waals surface area contributed by atoms with Crippen LogP contribution in [0.15, 0.2) is 24.3 Å². The lowest BCUT2D eigenvalue weighted by atomic mass is 10.0. The number of benzene rings is 1. The van der Waals surface area contributed by atoms with E-state index in [-0.39, 0.29) is 42.9 Å². The van der Waals surface area contributed by atoms with Crippen LogP contribution in [-0.2, 0) is 14.3 Å². The third-order valence-corrected chi connectivity index (χ3v) is 4.79. The molecule has 8 heteroatoms. The summed E-state index contributed by atoms with van der Waals surface area (Å²) >= 11 is 0. The molecule has 0 bridgehead atoms.